The maximum Gasteiger partial charge on any atom is 0.327 e. The molecule has 5 heteroatoms. The molecule has 3 aromatic rings. The molecular weight excluding hydrogens is 345 g/mol. The first-order chi connectivity index (χ1) is 13.1. The Bertz CT molecular complexity index is 872. The van der Waals surface area contributed by atoms with Gasteiger partial charge < -0.3 is 10.4 Å². The third-order valence-electron chi connectivity index (χ3n) is 4.31. The maximum atomic E-state index is 13.1. The van der Waals surface area contributed by atoms with Crippen LogP contribution in [0.4, 0.5) is 4.39 Å². The van der Waals surface area contributed by atoms with Crippen LogP contribution < -0.4 is 5.32 Å². The quantitative estimate of drug-likeness (QED) is 0.699. The predicted molar refractivity (Wildman–Crippen MR) is 100 cm³/mol. The Morgan fingerprint density at radius 3 is 1.70 bits per heavy atom. The molecule has 0 aliphatic heterocycles. The summed E-state index contributed by atoms with van der Waals surface area (Å²) in [6.07, 6.45) is 0. The van der Waals surface area contributed by atoms with E-state index < -0.39 is 29.7 Å². The number of carbonyl (C=O) groups excluding carboxylic acids is 1. The van der Waals surface area contributed by atoms with Gasteiger partial charge in [-0.05, 0) is 35.4 Å². The van der Waals surface area contributed by atoms with Crippen molar-refractivity contribution in [1.29, 1.82) is 0 Å². The number of carboxylic acid groups (broad SMARTS) is 1. The molecule has 2 N–H and O–H groups in total. The smallest absolute Gasteiger partial charge is 0.327 e. The molecule has 1 amide bonds. The molecule has 0 radical (unpaired) electrons. The minimum absolute atomic E-state index is 0.197. The fraction of sp³-hybridized carbons (Fsp3) is 0.0909. The molecule has 0 aliphatic rings. The topological polar surface area (TPSA) is 66.4 Å². The lowest BCUT2D eigenvalue weighted by Crippen LogP contribution is -2.45. The van der Waals surface area contributed by atoms with Crippen molar-refractivity contribution in [2.24, 2.45) is 0 Å². The first-order valence-corrected chi connectivity index (χ1v) is 8.45. The van der Waals surface area contributed by atoms with Gasteiger partial charge in [0.1, 0.15) is 11.9 Å². The van der Waals surface area contributed by atoms with E-state index in [1.54, 1.807) is 0 Å². The molecule has 0 aromatic heterocycles. The summed E-state index contributed by atoms with van der Waals surface area (Å²) in [7, 11) is 0. The van der Waals surface area contributed by atoms with Crippen LogP contribution in [-0.4, -0.2) is 23.0 Å². The minimum Gasteiger partial charge on any atom is -0.480 e. The van der Waals surface area contributed by atoms with Crippen LogP contribution in [0.5, 0.6) is 0 Å². The van der Waals surface area contributed by atoms with Crippen molar-refractivity contribution in [3.05, 3.63) is 107 Å². The molecule has 0 spiro atoms. The summed E-state index contributed by atoms with van der Waals surface area (Å²) in [6.45, 7) is 0. The molecular formula is C22H18FNO3. The summed E-state index contributed by atoms with van der Waals surface area (Å²) in [4.78, 5) is 24.6. The van der Waals surface area contributed by atoms with E-state index in [-0.39, 0.29) is 5.56 Å². The number of hydrogen-bond donors (Lipinski definition) is 2. The summed E-state index contributed by atoms with van der Waals surface area (Å²) in [5.74, 6) is -2.76. The summed E-state index contributed by atoms with van der Waals surface area (Å²) in [5, 5.41) is 12.4. The van der Waals surface area contributed by atoms with Crippen molar-refractivity contribution in [3.8, 4) is 0 Å². The second-order valence-electron chi connectivity index (χ2n) is 6.10. The first kappa shape index (κ1) is 18.3. The van der Waals surface area contributed by atoms with Gasteiger partial charge in [0, 0.05) is 11.5 Å². The van der Waals surface area contributed by atoms with Gasteiger partial charge in [0.15, 0.2) is 0 Å². The second kappa shape index (κ2) is 8.27. The molecule has 0 saturated carbocycles. The van der Waals surface area contributed by atoms with Crippen LogP contribution in [0.25, 0.3) is 0 Å². The highest BCUT2D eigenvalue weighted by Gasteiger charge is 2.32. The normalized spacial score (nSPS) is 11.8. The molecule has 4 nitrogen and oxygen atoms in total. The third-order valence-corrected chi connectivity index (χ3v) is 4.31. The highest BCUT2D eigenvalue weighted by atomic mass is 19.1. The van der Waals surface area contributed by atoms with Gasteiger partial charge >= 0.3 is 5.97 Å². The molecule has 0 aliphatic carbocycles. The second-order valence-corrected chi connectivity index (χ2v) is 6.10. The fourth-order valence-corrected chi connectivity index (χ4v) is 3.01. The number of carboxylic acids is 1. The molecule has 27 heavy (non-hydrogen) atoms. The van der Waals surface area contributed by atoms with E-state index >= 15 is 0 Å². The zero-order chi connectivity index (χ0) is 19.2. The van der Waals surface area contributed by atoms with Gasteiger partial charge in [-0.2, -0.15) is 0 Å². The molecule has 0 fully saturated rings. The molecule has 0 bridgehead atoms. The van der Waals surface area contributed by atoms with Crippen molar-refractivity contribution < 1.29 is 19.1 Å². The van der Waals surface area contributed by atoms with E-state index in [1.165, 1.54) is 12.1 Å². The Labute approximate surface area is 156 Å². The molecule has 136 valence electrons. The molecule has 3 aromatic carbocycles. The maximum absolute atomic E-state index is 13.1. The van der Waals surface area contributed by atoms with E-state index in [9.17, 15) is 19.1 Å². The van der Waals surface area contributed by atoms with E-state index in [0.717, 1.165) is 23.3 Å². The monoisotopic (exact) mass is 363 g/mol. The van der Waals surface area contributed by atoms with Crippen molar-refractivity contribution in [1.82, 2.24) is 5.32 Å². The Morgan fingerprint density at radius 1 is 0.778 bits per heavy atom. The summed E-state index contributed by atoms with van der Waals surface area (Å²) < 4.78 is 13.1. The number of carbonyl (C=O) groups is 2. The van der Waals surface area contributed by atoms with Gasteiger partial charge in [-0.25, -0.2) is 9.18 Å². The van der Waals surface area contributed by atoms with E-state index in [4.69, 9.17) is 0 Å². The van der Waals surface area contributed by atoms with Crippen LogP contribution >= 0.6 is 0 Å². The zero-order valence-electron chi connectivity index (χ0n) is 14.4. The Morgan fingerprint density at radius 2 is 1.26 bits per heavy atom. The Hall–Kier alpha value is -3.47. The van der Waals surface area contributed by atoms with Crippen LogP contribution in [0, 0.1) is 5.82 Å². The van der Waals surface area contributed by atoms with Gasteiger partial charge in [-0.1, -0.05) is 60.7 Å². The highest BCUT2D eigenvalue weighted by molar-refractivity contribution is 5.97. The van der Waals surface area contributed by atoms with Crippen molar-refractivity contribution in [2.75, 3.05) is 0 Å². The van der Waals surface area contributed by atoms with Crippen LogP contribution in [-0.2, 0) is 4.79 Å². The van der Waals surface area contributed by atoms with Gasteiger partial charge in [0.25, 0.3) is 5.91 Å². The third kappa shape index (κ3) is 4.39. The highest BCUT2D eigenvalue weighted by Crippen LogP contribution is 2.28. The Kier molecular flexibility index (Phi) is 5.61. The number of halogens is 1. The predicted octanol–water partition coefficient (Wildman–Crippen LogP) is 3.84. The van der Waals surface area contributed by atoms with Gasteiger partial charge in [0.2, 0.25) is 0 Å². The van der Waals surface area contributed by atoms with Crippen LogP contribution in [0.1, 0.15) is 27.4 Å². The average molecular weight is 363 g/mol. The fourth-order valence-electron chi connectivity index (χ4n) is 3.01. The van der Waals surface area contributed by atoms with E-state index in [2.05, 4.69) is 5.32 Å². The number of aliphatic carboxylic acids is 1. The first-order valence-electron chi connectivity index (χ1n) is 8.45. The standard InChI is InChI=1S/C22H18FNO3/c23-18-13-11-17(12-14-18)21(25)24-20(22(26)27)19(15-7-3-1-4-8-15)16-9-5-2-6-10-16/h1-14,19-20H,(H,24,25)(H,26,27)/t20-/m0/s1. The van der Waals surface area contributed by atoms with E-state index in [0.29, 0.717) is 0 Å². The van der Waals surface area contributed by atoms with Crippen molar-refractivity contribution in [3.63, 3.8) is 0 Å². The summed E-state index contributed by atoms with van der Waals surface area (Å²) in [6, 6.07) is 22.1. The minimum atomic E-state index is -1.19. The molecule has 1 atom stereocenters. The largest absolute Gasteiger partial charge is 0.480 e. The molecule has 3 rings (SSSR count). The Balaban J connectivity index is 1.97. The van der Waals surface area contributed by atoms with Gasteiger partial charge in [0.05, 0.1) is 0 Å². The molecule has 0 heterocycles. The number of amides is 1. The van der Waals surface area contributed by atoms with Crippen molar-refractivity contribution in [2.45, 2.75) is 12.0 Å². The summed E-state index contributed by atoms with van der Waals surface area (Å²) in [5.41, 5.74) is 1.74. The lowest BCUT2D eigenvalue weighted by atomic mass is 9.85. The van der Waals surface area contributed by atoms with Crippen molar-refractivity contribution >= 4 is 11.9 Å². The number of nitrogens with one attached hydrogen (secondary N) is 1. The van der Waals surface area contributed by atoms with Gasteiger partial charge in [-0.15, -0.1) is 0 Å². The van der Waals surface area contributed by atoms with Gasteiger partial charge in [-0.3, -0.25) is 4.79 Å². The molecule has 0 saturated heterocycles. The van der Waals surface area contributed by atoms with Crippen LogP contribution in [0.2, 0.25) is 0 Å². The SMILES string of the molecule is O=C(N[C@H](C(=O)O)C(c1ccccc1)c1ccccc1)c1ccc(F)cc1. The molecule has 0 unspecified atom stereocenters. The number of rotatable bonds is 6. The lowest BCUT2D eigenvalue weighted by molar-refractivity contribution is -0.139. The van der Waals surface area contributed by atoms with Crippen LogP contribution in [0.15, 0.2) is 84.9 Å². The van der Waals surface area contributed by atoms with Crippen LogP contribution in [0.3, 0.4) is 0 Å². The summed E-state index contributed by atoms with van der Waals surface area (Å²) >= 11 is 0. The average Bonchev–Trinajstić information content (AvgIpc) is 2.69. The number of hydrogen-bond acceptors (Lipinski definition) is 2. The lowest BCUT2D eigenvalue weighted by Gasteiger charge is -2.26. The zero-order valence-corrected chi connectivity index (χ0v) is 14.4. The number of benzene rings is 3. The van der Waals surface area contributed by atoms with E-state index in [1.807, 2.05) is 60.7 Å².